The van der Waals surface area contributed by atoms with Crippen LogP contribution in [0.4, 0.5) is 0 Å². The first-order chi connectivity index (χ1) is 8.08. The van der Waals surface area contributed by atoms with E-state index in [9.17, 15) is 4.79 Å². The molecule has 1 N–H and O–H groups in total. The lowest BCUT2D eigenvalue weighted by atomic mass is 10.2. The summed E-state index contributed by atoms with van der Waals surface area (Å²) < 4.78 is 0. The van der Waals surface area contributed by atoms with Crippen molar-refractivity contribution < 1.29 is 9.90 Å². The number of fused-ring (bicyclic) bond motifs is 1. The fourth-order valence-electron chi connectivity index (χ4n) is 1.56. The molecular weight excluding hydrogens is 258 g/mol. The predicted octanol–water partition coefficient (Wildman–Crippen LogP) is 3.37. The highest BCUT2D eigenvalue weighted by molar-refractivity contribution is 8.00. The van der Waals surface area contributed by atoms with Gasteiger partial charge in [0.1, 0.15) is 0 Å². The van der Waals surface area contributed by atoms with Gasteiger partial charge in [-0.25, -0.2) is 0 Å². The number of nitrogens with zero attached hydrogens (tertiary/aromatic N) is 1. The van der Waals surface area contributed by atoms with Gasteiger partial charge in [-0.1, -0.05) is 23.7 Å². The van der Waals surface area contributed by atoms with E-state index >= 15 is 0 Å². The number of carboxylic acids is 1. The van der Waals surface area contributed by atoms with Crippen LogP contribution in [0.5, 0.6) is 0 Å². The van der Waals surface area contributed by atoms with E-state index in [0.29, 0.717) is 5.02 Å². The molecule has 2 aromatic rings. The summed E-state index contributed by atoms with van der Waals surface area (Å²) in [5, 5.41) is 10.2. The van der Waals surface area contributed by atoms with E-state index in [4.69, 9.17) is 16.7 Å². The van der Waals surface area contributed by atoms with Crippen molar-refractivity contribution in [2.75, 3.05) is 5.75 Å². The molecule has 0 amide bonds. The molecule has 1 aromatic heterocycles. The lowest BCUT2D eigenvalue weighted by Crippen LogP contribution is -1.98. The fourth-order valence-corrected chi connectivity index (χ4v) is 2.63. The van der Waals surface area contributed by atoms with Crippen LogP contribution in [-0.4, -0.2) is 21.8 Å². The fraction of sp³-hybridized carbons (Fsp3) is 0.167. The van der Waals surface area contributed by atoms with Crippen molar-refractivity contribution in [1.29, 1.82) is 0 Å². The normalized spacial score (nSPS) is 10.7. The van der Waals surface area contributed by atoms with Gasteiger partial charge >= 0.3 is 5.97 Å². The first-order valence-corrected chi connectivity index (χ1v) is 6.35. The van der Waals surface area contributed by atoms with E-state index in [1.54, 1.807) is 6.07 Å². The van der Waals surface area contributed by atoms with Crippen LogP contribution in [0.25, 0.3) is 10.9 Å². The number of carboxylic acid groups (broad SMARTS) is 1. The quantitative estimate of drug-likeness (QED) is 0.867. The largest absolute Gasteiger partial charge is 0.481 e. The second-order valence-electron chi connectivity index (χ2n) is 3.58. The predicted molar refractivity (Wildman–Crippen MR) is 69.8 cm³/mol. The van der Waals surface area contributed by atoms with Gasteiger partial charge in [0.05, 0.1) is 16.3 Å². The molecule has 0 saturated heterocycles. The zero-order valence-corrected chi connectivity index (χ0v) is 10.7. The average Bonchev–Trinajstić information content (AvgIpc) is 2.27. The molecule has 0 radical (unpaired) electrons. The van der Waals surface area contributed by atoms with Crippen molar-refractivity contribution in [2.24, 2.45) is 0 Å². The van der Waals surface area contributed by atoms with E-state index in [1.807, 2.05) is 25.1 Å². The molecule has 1 aromatic carbocycles. The summed E-state index contributed by atoms with van der Waals surface area (Å²) in [6.07, 6.45) is 0. The molecular formula is C12H10ClNO2S. The number of para-hydroxylation sites is 1. The summed E-state index contributed by atoms with van der Waals surface area (Å²) in [5.74, 6) is -0.801. The van der Waals surface area contributed by atoms with Gasteiger partial charge in [-0.3, -0.25) is 9.78 Å². The van der Waals surface area contributed by atoms with Gasteiger partial charge in [-0.05, 0) is 19.1 Å². The number of hydrogen-bond acceptors (Lipinski definition) is 3. The Labute approximate surface area is 108 Å². The first-order valence-electron chi connectivity index (χ1n) is 4.98. The number of aromatic nitrogens is 1. The molecule has 2 rings (SSSR count). The van der Waals surface area contributed by atoms with Crippen LogP contribution in [0.2, 0.25) is 5.02 Å². The minimum atomic E-state index is -0.834. The molecule has 88 valence electrons. The third kappa shape index (κ3) is 2.70. The van der Waals surface area contributed by atoms with Crippen molar-refractivity contribution in [3.05, 3.63) is 35.0 Å². The van der Waals surface area contributed by atoms with E-state index in [-0.39, 0.29) is 5.75 Å². The molecule has 0 aliphatic carbocycles. The van der Waals surface area contributed by atoms with Crippen molar-refractivity contribution >= 4 is 40.2 Å². The molecule has 1 heterocycles. The third-order valence-electron chi connectivity index (χ3n) is 2.23. The van der Waals surface area contributed by atoms with Crippen molar-refractivity contribution in [2.45, 2.75) is 11.8 Å². The van der Waals surface area contributed by atoms with Gasteiger partial charge in [-0.2, -0.15) is 0 Å². The number of aryl methyl sites for hydroxylation is 1. The lowest BCUT2D eigenvalue weighted by Gasteiger charge is -2.07. The molecule has 0 aliphatic rings. The van der Waals surface area contributed by atoms with Gasteiger partial charge in [0, 0.05) is 16.0 Å². The van der Waals surface area contributed by atoms with Crippen LogP contribution in [-0.2, 0) is 4.79 Å². The zero-order chi connectivity index (χ0) is 12.4. The summed E-state index contributed by atoms with van der Waals surface area (Å²) in [6, 6.07) is 7.40. The monoisotopic (exact) mass is 267 g/mol. The Hall–Kier alpha value is -1.26. The van der Waals surface area contributed by atoms with E-state index in [0.717, 1.165) is 21.5 Å². The Balaban J connectivity index is 2.54. The maximum absolute atomic E-state index is 10.6. The van der Waals surface area contributed by atoms with E-state index in [1.165, 1.54) is 11.8 Å². The molecule has 0 unspecified atom stereocenters. The molecule has 0 aliphatic heterocycles. The molecule has 0 atom stereocenters. The number of thioether (sulfide) groups is 1. The van der Waals surface area contributed by atoms with Gasteiger partial charge in [0.2, 0.25) is 0 Å². The van der Waals surface area contributed by atoms with E-state index in [2.05, 4.69) is 4.98 Å². The Kier molecular flexibility index (Phi) is 3.54. The van der Waals surface area contributed by atoms with Crippen LogP contribution in [0.1, 0.15) is 5.69 Å². The molecule has 0 spiro atoms. The summed E-state index contributed by atoms with van der Waals surface area (Å²) >= 11 is 7.36. The van der Waals surface area contributed by atoms with Crippen LogP contribution in [0, 0.1) is 6.92 Å². The Morgan fingerprint density at radius 3 is 3.00 bits per heavy atom. The number of benzene rings is 1. The Morgan fingerprint density at radius 2 is 2.29 bits per heavy atom. The highest BCUT2D eigenvalue weighted by Crippen LogP contribution is 2.31. The van der Waals surface area contributed by atoms with Gasteiger partial charge < -0.3 is 5.11 Å². The first kappa shape index (κ1) is 12.2. The summed E-state index contributed by atoms with van der Waals surface area (Å²) in [5.41, 5.74) is 1.56. The van der Waals surface area contributed by atoms with Crippen molar-refractivity contribution in [1.82, 2.24) is 4.98 Å². The second-order valence-corrected chi connectivity index (χ2v) is 5.00. The van der Waals surface area contributed by atoms with Crippen LogP contribution in [0.3, 0.4) is 0 Å². The zero-order valence-electron chi connectivity index (χ0n) is 9.11. The van der Waals surface area contributed by atoms with Gasteiger partial charge in [0.25, 0.3) is 0 Å². The molecule has 0 fully saturated rings. The molecule has 3 nitrogen and oxygen atoms in total. The molecule has 0 bridgehead atoms. The maximum Gasteiger partial charge on any atom is 0.313 e. The number of rotatable bonds is 3. The standard InChI is InChI=1S/C12H10ClNO2S/c1-7-5-10(17-6-11(15)16)8-3-2-4-9(13)12(8)14-7/h2-5H,6H2,1H3,(H,15,16). The SMILES string of the molecule is Cc1cc(SCC(=O)O)c2cccc(Cl)c2n1. The Morgan fingerprint density at radius 1 is 1.53 bits per heavy atom. The number of aliphatic carboxylic acids is 1. The van der Waals surface area contributed by atoms with Crippen molar-refractivity contribution in [3.8, 4) is 0 Å². The van der Waals surface area contributed by atoms with Crippen LogP contribution in [0.15, 0.2) is 29.2 Å². The third-order valence-corrected chi connectivity index (χ3v) is 3.58. The topological polar surface area (TPSA) is 50.2 Å². The number of halogens is 1. The van der Waals surface area contributed by atoms with Gasteiger partial charge in [-0.15, -0.1) is 11.8 Å². The van der Waals surface area contributed by atoms with Gasteiger partial charge in [0.15, 0.2) is 0 Å². The summed E-state index contributed by atoms with van der Waals surface area (Å²) in [7, 11) is 0. The average molecular weight is 268 g/mol. The number of pyridine rings is 1. The van der Waals surface area contributed by atoms with E-state index < -0.39 is 5.97 Å². The number of hydrogen-bond donors (Lipinski definition) is 1. The van der Waals surface area contributed by atoms with Crippen LogP contribution < -0.4 is 0 Å². The minimum Gasteiger partial charge on any atom is -0.481 e. The Bertz CT molecular complexity index is 586. The second kappa shape index (κ2) is 4.94. The minimum absolute atomic E-state index is 0.0328. The summed E-state index contributed by atoms with van der Waals surface area (Å²) in [4.78, 5) is 15.9. The summed E-state index contributed by atoms with van der Waals surface area (Å²) in [6.45, 7) is 1.87. The molecule has 17 heavy (non-hydrogen) atoms. The lowest BCUT2D eigenvalue weighted by molar-refractivity contribution is -0.133. The molecule has 5 heteroatoms. The smallest absolute Gasteiger partial charge is 0.313 e. The molecule has 0 saturated carbocycles. The highest BCUT2D eigenvalue weighted by atomic mass is 35.5. The maximum atomic E-state index is 10.6. The highest BCUT2D eigenvalue weighted by Gasteiger charge is 2.08. The number of carbonyl (C=O) groups is 1. The van der Waals surface area contributed by atoms with Crippen molar-refractivity contribution in [3.63, 3.8) is 0 Å². The van der Waals surface area contributed by atoms with Crippen LogP contribution >= 0.6 is 23.4 Å².